The molecule has 2 amide bonds. The number of likely N-dealkylation sites (N-methyl/N-ethyl adjacent to an activating group) is 1. The molecule has 0 aliphatic carbocycles. The minimum atomic E-state index is -4.40. The van der Waals surface area contributed by atoms with Gasteiger partial charge in [-0.2, -0.15) is 13.2 Å². The van der Waals surface area contributed by atoms with Crippen LogP contribution in [0, 0.1) is 0 Å². The molecule has 0 bridgehead atoms. The molecule has 0 saturated heterocycles. The summed E-state index contributed by atoms with van der Waals surface area (Å²) in [6.07, 6.45) is -4.45. The zero-order valence-electron chi connectivity index (χ0n) is 14.3. The smallest absolute Gasteiger partial charge is 0.350 e. The summed E-state index contributed by atoms with van der Waals surface area (Å²) in [4.78, 5) is 25.5. The molecule has 1 N–H and O–H groups in total. The summed E-state index contributed by atoms with van der Waals surface area (Å²) in [5.74, 6) is -0.577. The van der Waals surface area contributed by atoms with E-state index in [1.807, 2.05) is 20.8 Å². The van der Waals surface area contributed by atoms with Crippen LogP contribution < -0.4 is 5.32 Å². The van der Waals surface area contributed by atoms with Crippen LogP contribution in [0.25, 0.3) is 0 Å². The summed E-state index contributed by atoms with van der Waals surface area (Å²) in [6.45, 7) is 7.53. The molecule has 24 heavy (non-hydrogen) atoms. The standard InChI is InChI=1S/C17H23F3N2O2/c1-5-22(11-14(23)21-16(2,3)4)15(24)10-12-6-8-13(9-7-12)17(18,19)20/h6-9H,5,10-11H2,1-4H3,(H,21,23). The Hall–Kier alpha value is -2.05. The first kappa shape index (κ1) is 20.0. The predicted octanol–water partition coefficient (Wildman–Crippen LogP) is 3.01. The molecule has 1 rings (SSSR count). The minimum Gasteiger partial charge on any atom is -0.350 e. The fraction of sp³-hybridized carbons (Fsp3) is 0.529. The van der Waals surface area contributed by atoms with E-state index >= 15 is 0 Å². The highest BCUT2D eigenvalue weighted by Crippen LogP contribution is 2.29. The Bertz CT molecular complexity index is 575. The number of alkyl halides is 3. The van der Waals surface area contributed by atoms with E-state index in [1.54, 1.807) is 6.92 Å². The quantitative estimate of drug-likeness (QED) is 0.893. The number of hydrogen-bond donors (Lipinski definition) is 1. The van der Waals surface area contributed by atoms with E-state index in [2.05, 4.69) is 5.32 Å². The van der Waals surface area contributed by atoms with Crippen LogP contribution in [0.1, 0.15) is 38.8 Å². The zero-order valence-corrected chi connectivity index (χ0v) is 14.3. The van der Waals surface area contributed by atoms with Crippen LogP contribution in [0.4, 0.5) is 13.2 Å². The van der Waals surface area contributed by atoms with Gasteiger partial charge in [-0.3, -0.25) is 9.59 Å². The third kappa shape index (κ3) is 6.60. The molecule has 0 aliphatic heterocycles. The summed E-state index contributed by atoms with van der Waals surface area (Å²) < 4.78 is 37.6. The second-order valence-corrected chi connectivity index (χ2v) is 6.58. The maximum Gasteiger partial charge on any atom is 0.416 e. The van der Waals surface area contributed by atoms with Crippen LogP contribution in [0.5, 0.6) is 0 Å². The van der Waals surface area contributed by atoms with Gasteiger partial charge in [-0.25, -0.2) is 0 Å². The van der Waals surface area contributed by atoms with E-state index in [9.17, 15) is 22.8 Å². The first-order valence-corrected chi connectivity index (χ1v) is 7.67. The lowest BCUT2D eigenvalue weighted by atomic mass is 10.1. The highest BCUT2D eigenvalue weighted by molar-refractivity contribution is 5.86. The van der Waals surface area contributed by atoms with E-state index < -0.39 is 17.3 Å². The molecule has 0 aromatic heterocycles. The SMILES string of the molecule is CCN(CC(=O)NC(C)(C)C)C(=O)Cc1ccc(C(F)(F)F)cc1. The number of carbonyl (C=O) groups is 2. The summed E-state index contributed by atoms with van der Waals surface area (Å²) >= 11 is 0. The van der Waals surface area contributed by atoms with Gasteiger partial charge in [-0.05, 0) is 45.4 Å². The van der Waals surface area contributed by atoms with Crippen LogP contribution in [0.2, 0.25) is 0 Å². The van der Waals surface area contributed by atoms with Crippen LogP contribution in [-0.2, 0) is 22.2 Å². The highest BCUT2D eigenvalue weighted by atomic mass is 19.4. The second-order valence-electron chi connectivity index (χ2n) is 6.58. The zero-order chi connectivity index (χ0) is 18.5. The van der Waals surface area contributed by atoms with Gasteiger partial charge in [0.15, 0.2) is 0 Å². The molecule has 0 spiro atoms. The predicted molar refractivity (Wildman–Crippen MR) is 85.3 cm³/mol. The number of rotatable bonds is 5. The molecular weight excluding hydrogens is 321 g/mol. The lowest BCUT2D eigenvalue weighted by molar-refractivity contribution is -0.137. The molecule has 0 saturated carbocycles. The highest BCUT2D eigenvalue weighted by Gasteiger charge is 2.30. The Morgan fingerprint density at radius 3 is 2.04 bits per heavy atom. The molecule has 4 nitrogen and oxygen atoms in total. The van der Waals surface area contributed by atoms with E-state index in [-0.39, 0.29) is 24.8 Å². The van der Waals surface area contributed by atoms with Gasteiger partial charge in [-0.1, -0.05) is 12.1 Å². The molecule has 7 heteroatoms. The van der Waals surface area contributed by atoms with Crippen molar-refractivity contribution in [1.29, 1.82) is 0 Å². The molecule has 1 aromatic carbocycles. The molecule has 0 unspecified atom stereocenters. The normalized spacial score (nSPS) is 12.0. The maximum atomic E-state index is 12.5. The average molecular weight is 344 g/mol. The number of hydrogen-bond acceptors (Lipinski definition) is 2. The fourth-order valence-electron chi connectivity index (χ4n) is 2.11. The van der Waals surface area contributed by atoms with Gasteiger partial charge in [0.05, 0.1) is 18.5 Å². The summed E-state index contributed by atoms with van der Waals surface area (Å²) in [7, 11) is 0. The van der Waals surface area contributed by atoms with Crippen molar-refractivity contribution in [3.63, 3.8) is 0 Å². The van der Waals surface area contributed by atoms with Gasteiger partial charge in [0.25, 0.3) is 0 Å². The number of amides is 2. The van der Waals surface area contributed by atoms with Gasteiger partial charge in [0, 0.05) is 12.1 Å². The van der Waals surface area contributed by atoms with Crippen molar-refractivity contribution >= 4 is 11.8 Å². The molecule has 134 valence electrons. The molecule has 0 aliphatic rings. The number of benzene rings is 1. The van der Waals surface area contributed by atoms with Crippen LogP contribution in [-0.4, -0.2) is 35.3 Å². The van der Waals surface area contributed by atoms with Crippen LogP contribution in [0.15, 0.2) is 24.3 Å². The Balaban J connectivity index is 2.69. The van der Waals surface area contributed by atoms with E-state index in [1.165, 1.54) is 17.0 Å². The molecule has 0 radical (unpaired) electrons. The number of nitrogens with zero attached hydrogens (tertiary/aromatic N) is 1. The first-order chi connectivity index (χ1) is 10.9. The Morgan fingerprint density at radius 2 is 1.62 bits per heavy atom. The average Bonchev–Trinajstić information content (AvgIpc) is 2.42. The fourth-order valence-corrected chi connectivity index (χ4v) is 2.11. The molecule has 0 atom stereocenters. The third-order valence-electron chi connectivity index (χ3n) is 3.22. The molecule has 1 aromatic rings. The molecular formula is C17H23F3N2O2. The number of carbonyl (C=O) groups excluding carboxylic acids is 2. The number of nitrogens with one attached hydrogen (secondary N) is 1. The van der Waals surface area contributed by atoms with Gasteiger partial charge in [0.2, 0.25) is 11.8 Å². The van der Waals surface area contributed by atoms with Gasteiger partial charge in [0.1, 0.15) is 0 Å². The summed E-state index contributed by atoms with van der Waals surface area (Å²) in [6, 6.07) is 4.46. The maximum absolute atomic E-state index is 12.5. The van der Waals surface area contributed by atoms with Crippen molar-refractivity contribution in [2.75, 3.05) is 13.1 Å². The Kier molecular flexibility index (Phi) is 6.40. The van der Waals surface area contributed by atoms with Crippen molar-refractivity contribution in [2.24, 2.45) is 0 Å². The second kappa shape index (κ2) is 7.68. The van der Waals surface area contributed by atoms with Crippen molar-refractivity contribution in [3.05, 3.63) is 35.4 Å². The third-order valence-corrected chi connectivity index (χ3v) is 3.22. The topological polar surface area (TPSA) is 49.4 Å². The lowest BCUT2D eigenvalue weighted by Gasteiger charge is -2.25. The van der Waals surface area contributed by atoms with E-state index in [4.69, 9.17) is 0 Å². The molecule has 0 heterocycles. The largest absolute Gasteiger partial charge is 0.416 e. The molecule has 0 fully saturated rings. The van der Waals surface area contributed by atoms with Gasteiger partial charge in [-0.15, -0.1) is 0 Å². The van der Waals surface area contributed by atoms with Crippen LogP contribution >= 0.6 is 0 Å². The van der Waals surface area contributed by atoms with Crippen molar-refractivity contribution in [3.8, 4) is 0 Å². The van der Waals surface area contributed by atoms with E-state index in [0.29, 0.717) is 12.1 Å². The van der Waals surface area contributed by atoms with Gasteiger partial charge < -0.3 is 10.2 Å². The summed E-state index contributed by atoms with van der Waals surface area (Å²) in [5.41, 5.74) is -0.675. The van der Waals surface area contributed by atoms with Gasteiger partial charge >= 0.3 is 6.18 Å². The lowest BCUT2D eigenvalue weighted by Crippen LogP contribution is -2.47. The van der Waals surface area contributed by atoms with Crippen molar-refractivity contribution < 1.29 is 22.8 Å². The number of halogens is 3. The van der Waals surface area contributed by atoms with Crippen molar-refractivity contribution in [1.82, 2.24) is 10.2 Å². The van der Waals surface area contributed by atoms with Crippen LogP contribution in [0.3, 0.4) is 0 Å². The van der Waals surface area contributed by atoms with E-state index in [0.717, 1.165) is 12.1 Å². The minimum absolute atomic E-state index is 0.0469. The van der Waals surface area contributed by atoms with Crippen molar-refractivity contribution in [2.45, 2.75) is 45.8 Å². The Labute approximate surface area is 140 Å². The first-order valence-electron chi connectivity index (χ1n) is 7.67. The Morgan fingerprint density at radius 1 is 1.08 bits per heavy atom. The summed E-state index contributed by atoms with van der Waals surface area (Å²) in [5, 5.41) is 2.77. The monoisotopic (exact) mass is 344 g/mol.